The summed E-state index contributed by atoms with van der Waals surface area (Å²) in [4.78, 5) is 11.8. The van der Waals surface area contributed by atoms with Crippen LogP contribution in [0.4, 0.5) is 17.6 Å². The monoisotopic (exact) mass is 634 g/mol. The maximum Gasteiger partial charge on any atom is 0.360 e. The van der Waals surface area contributed by atoms with Crippen LogP contribution >= 0.6 is 23.4 Å². The average molecular weight is 635 g/mol. The molecule has 1 N–H and O–H groups in total. The second kappa shape index (κ2) is 13.8. The fourth-order valence-electron chi connectivity index (χ4n) is 4.44. The Morgan fingerprint density at radius 3 is 1.57 bits per heavy atom. The van der Waals surface area contributed by atoms with Crippen molar-refractivity contribution in [3.05, 3.63) is 150 Å². The second-order valence-corrected chi connectivity index (χ2v) is 11.1. The molecule has 3 nitrogen and oxygen atoms in total. The fourth-order valence-corrected chi connectivity index (χ4v) is 5.32. The van der Waals surface area contributed by atoms with Crippen molar-refractivity contribution >= 4 is 34.9 Å². The van der Waals surface area contributed by atoms with Crippen LogP contribution in [0.5, 0.6) is 5.75 Å². The first-order valence-corrected chi connectivity index (χ1v) is 14.7. The second-order valence-electron chi connectivity index (χ2n) is 9.58. The van der Waals surface area contributed by atoms with Crippen molar-refractivity contribution in [2.24, 2.45) is 0 Å². The lowest BCUT2D eigenvalue weighted by molar-refractivity contribution is -0.141. The summed E-state index contributed by atoms with van der Waals surface area (Å²) in [6.07, 6.45) is 2.05. The van der Waals surface area contributed by atoms with E-state index in [1.807, 2.05) is 54.6 Å². The van der Waals surface area contributed by atoms with Crippen molar-refractivity contribution in [3.63, 3.8) is 0 Å². The zero-order valence-corrected chi connectivity index (χ0v) is 24.4. The molecule has 0 aliphatic carbocycles. The summed E-state index contributed by atoms with van der Waals surface area (Å²) >= 11 is 7.18. The molecule has 0 heterocycles. The Balaban J connectivity index is 1.40. The Hall–Kier alpha value is -4.53. The number of halogens is 5. The van der Waals surface area contributed by atoms with Crippen LogP contribution < -0.4 is 4.74 Å². The number of carboxylic acids is 1. The van der Waals surface area contributed by atoms with Gasteiger partial charge in [-0.2, -0.15) is 0 Å². The minimum absolute atomic E-state index is 0.329. The summed E-state index contributed by atoms with van der Waals surface area (Å²) in [7, 11) is 0. The quantitative estimate of drug-likeness (QED) is 0.0944. The van der Waals surface area contributed by atoms with Crippen LogP contribution in [0.25, 0.3) is 27.8 Å². The molecule has 0 fully saturated rings. The Morgan fingerprint density at radius 2 is 1.14 bits per heavy atom. The average Bonchev–Trinajstić information content (AvgIpc) is 3.03. The third-order valence-corrected chi connectivity index (χ3v) is 7.91. The third-order valence-electron chi connectivity index (χ3n) is 6.69. The van der Waals surface area contributed by atoms with Crippen molar-refractivity contribution in [2.75, 3.05) is 5.75 Å². The number of hydrogen-bond acceptors (Lipinski definition) is 3. The van der Waals surface area contributed by atoms with Crippen LogP contribution in [0.15, 0.2) is 120 Å². The molecule has 0 saturated carbocycles. The zero-order valence-electron chi connectivity index (χ0n) is 22.8. The summed E-state index contributed by atoms with van der Waals surface area (Å²) in [5.74, 6) is -4.05. The number of alkyl halides is 1. The van der Waals surface area contributed by atoms with Crippen LogP contribution in [0.1, 0.15) is 11.1 Å². The molecule has 5 aromatic rings. The lowest BCUT2D eigenvalue weighted by Gasteiger charge is -2.12. The molecule has 0 saturated heterocycles. The zero-order chi connectivity index (χ0) is 31.2. The SMILES string of the molecule is O=C(O)C(Cl)Oc1ccc(SCC=C(c2ccc(-c3ccc(F)c(F)c3)cc2)c2ccc(-c3ccc(F)c(F)c3)cc2)cc1. The third kappa shape index (κ3) is 7.51. The van der Waals surface area contributed by atoms with Crippen molar-refractivity contribution < 1.29 is 32.2 Å². The van der Waals surface area contributed by atoms with Gasteiger partial charge in [-0.1, -0.05) is 78.3 Å². The van der Waals surface area contributed by atoms with Gasteiger partial charge in [0.15, 0.2) is 23.3 Å². The predicted octanol–water partition coefficient (Wildman–Crippen LogP) is 9.83. The van der Waals surface area contributed by atoms with Gasteiger partial charge < -0.3 is 9.84 Å². The van der Waals surface area contributed by atoms with Crippen LogP contribution in [0, 0.1) is 23.3 Å². The van der Waals surface area contributed by atoms with Gasteiger partial charge in [0, 0.05) is 10.6 Å². The molecule has 0 amide bonds. The number of carbonyl (C=O) groups is 1. The minimum Gasteiger partial charge on any atom is -0.478 e. The summed E-state index contributed by atoms with van der Waals surface area (Å²) in [6.45, 7) is 0. The van der Waals surface area contributed by atoms with Gasteiger partial charge in [-0.15, -0.1) is 11.8 Å². The number of hydrogen-bond donors (Lipinski definition) is 1. The molecule has 5 aromatic carbocycles. The lowest BCUT2D eigenvalue weighted by Crippen LogP contribution is -2.20. The highest BCUT2D eigenvalue weighted by molar-refractivity contribution is 7.99. The van der Waals surface area contributed by atoms with Crippen molar-refractivity contribution in [2.45, 2.75) is 10.5 Å². The Morgan fingerprint density at radius 1 is 0.682 bits per heavy atom. The van der Waals surface area contributed by atoms with Crippen LogP contribution in [-0.2, 0) is 4.79 Å². The van der Waals surface area contributed by atoms with Crippen molar-refractivity contribution in [1.29, 1.82) is 0 Å². The normalized spacial score (nSPS) is 11.6. The molecule has 0 bridgehead atoms. The molecule has 222 valence electrons. The van der Waals surface area contributed by atoms with E-state index in [0.29, 0.717) is 22.6 Å². The molecular formula is C35H23ClF4O3S. The van der Waals surface area contributed by atoms with Gasteiger partial charge in [-0.05, 0) is 87.5 Å². The van der Waals surface area contributed by atoms with E-state index >= 15 is 0 Å². The number of carboxylic acid groups (broad SMARTS) is 1. The van der Waals surface area contributed by atoms with Crippen LogP contribution in [0.2, 0.25) is 0 Å². The Labute approximate surface area is 260 Å². The predicted molar refractivity (Wildman–Crippen MR) is 166 cm³/mol. The highest BCUT2D eigenvalue weighted by atomic mass is 35.5. The van der Waals surface area contributed by atoms with E-state index in [-0.39, 0.29) is 0 Å². The number of ether oxygens (including phenoxy) is 1. The number of thioether (sulfide) groups is 1. The van der Waals surface area contributed by atoms with E-state index < -0.39 is 34.8 Å². The maximum atomic E-state index is 13.8. The van der Waals surface area contributed by atoms with Gasteiger partial charge in [0.1, 0.15) is 5.75 Å². The van der Waals surface area contributed by atoms with Crippen LogP contribution in [-0.4, -0.2) is 22.4 Å². The van der Waals surface area contributed by atoms with Gasteiger partial charge in [0.25, 0.3) is 5.56 Å². The first-order valence-electron chi connectivity index (χ1n) is 13.3. The highest BCUT2D eigenvalue weighted by Gasteiger charge is 2.15. The van der Waals surface area contributed by atoms with Crippen molar-refractivity contribution in [3.8, 4) is 28.0 Å². The van der Waals surface area contributed by atoms with Crippen molar-refractivity contribution in [1.82, 2.24) is 0 Å². The fraction of sp³-hybridized carbons (Fsp3) is 0.0571. The van der Waals surface area contributed by atoms with Gasteiger partial charge >= 0.3 is 5.97 Å². The molecule has 1 atom stereocenters. The first kappa shape index (κ1) is 30.9. The minimum atomic E-state index is -1.49. The number of benzene rings is 5. The summed E-state index contributed by atoms with van der Waals surface area (Å²) < 4.78 is 59.7. The molecular weight excluding hydrogens is 612 g/mol. The molecule has 0 radical (unpaired) electrons. The van der Waals surface area contributed by atoms with E-state index in [2.05, 4.69) is 0 Å². The summed E-state index contributed by atoms with van der Waals surface area (Å²) in [5, 5.41) is 8.92. The molecule has 0 spiro atoms. The van der Waals surface area contributed by atoms with E-state index in [1.54, 1.807) is 36.0 Å². The van der Waals surface area contributed by atoms with Gasteiger partial charge in [0.2, 0.25) is 0 Å². The van der Waals surface area contributed by atoms with E-state index in [1.165, 1.54) is 12.1 Å². The van der Waals surface area contributed by atoms with Crippen LogP contribution in [0.3, 0.4) is 0 Å². The molecule has 1 unspecified atom stereocenters. The van der Waals surface area contributed by atoms with E-state index in [0.717, 1.165) is 57.0 Å². The summed E-state index contributed by atoms with van der Waals surface area (Å²) in [5.41, 5.74) is 3.70. The summed E-state index contributed by atoms with van der Waals surface area (Å²) in [6, 6.07) is 29.3. The standard InChI is InChI=1S/C35H23ClF4O3S/c36-34(35(41)42)43-27-11-13-28(14-12-27)44-18-17-29(23-5-1-21(2-6-23)25-9-15-30(37)32(39)19-25)24-7-3-22(4-8-24)26-10-16-31(38)33(40)20-26/h1-17,19-20,34H,18H2,(H,41,42). The molecule has 5 rings (SSSR count). The molecule has 0 aromatic heterocycles. The smallest absolute Gasteiger partial charge is 0.360 e. The number of aliphatic carboxylic acids is 1. The number of rotatable bonds is 10. The molecule has 0 aliphatic heterocycles. The van der Waals surface area contributed by atoms with E-state index in [9.17, 15) is 22.4 Å². The van der Waals surface area contributed by atoms with Gasteiger partial charge in [-0.3, -0.25) is 0 Å². The highest BCUT2D eigenvalue weighted by Crippen LogP contribution is 2.31. The molecule has 44 heavy (non-hydrogen) atoms. The lowest BCUT2D eigenvalue weighted by atomic mass is 9.94. The Bertz CT molecular complexity index is 1710. The molecule has 0 aliphatic rings. The molecule has 9 heteroatoms. The largest absolute Gasteiger partial charge is 0.478 e. The van der Waals surface area contributed by atoms with Gasteiger partial charge in [0.05, 0.1) is 0 Å². The topological polar surface area (TPSA) is 46.5 Å². The Kier molecular flexibility index (Phi) is 9.72. The first-order chi connectivity index (χ1) is 21.2. The maximum absolute atomic E-state index is 13.8. The van der Waals surface area contributed by atoms with E-state index in [4.69, 9.17) is 21.4 Å². The van der Waals surface area contributed by atoms with Gasteiger partial charge in [-0.25, -0.2) is 22.4 Å².